The Balaban J connectivity index is 2.56. The van der Waals surface area contributed by atoms with Gasteiger partial charge in [0.15, 0.2) is 10.9 Å². The Labute approximate surface area is 170 Å². The zero-order chi connectivity index (χ0) is 21.0. The average Bonchev–Trinajstić information content (AvgIpc) is 3.22. The highest BCUT2D eigenvalue weighted by atomic mass is 32.1. The minimum Gasteiger partial charge on any atom is -0.444 e. The number of thiophene rings is 1. The van der Waals surface area contributed by atoms with Crippen molar-refractivity contribution in [2.24, 2.45) is 0 Å². The van der Waals surface area contributed by atoms with Crippen LogP contribution in [0.25, 0.3) is 0 Å². The summed E-state index contributed by atoms with van der Waals surface area (Å²) in [6, 6.07) is 0.940. The Kier molecular flexibility index (Phi) is 7.48. The van der Waals surface area contributed by atoms with Gasteiger partial charge in [0.1, 0.15) is 5.60 Å². The zero-order valence-corrected chi connectivity index (χ0v) is 18.9. The van der Waals surface area contributed by atoms with Crippen molar-refractivity contribution in [2.75, 3.05) is 13.2 Å². The molecule has 1 fully saturated rings. The first kappa shape index (κ1) is 23.1. The lowest BCUT2D eigenvalue weighted by Gasteiger charge is -2.40. The quantitative estimate of drug-likeness (QED) is 0.578. The molecule has 158 valence electrons. The number of carbonyl (C=O) groups is 2. The van der Waals surface area contributed by atoms with E-state index >= 15 is 0 Å². The van der Waals surface area contributed by atoms with Crippen molar-refractivity contribution in [3.8, 4) is 0 Å². The largest absolute Gasteiger partial charge is 0.444 e. The van der Waals surface area contributed by atoms with Gasteiger partial charge in [-0.25, -0.2) is 4.79 Å². The maximum atomic E-state index is 13.9. The molecule has 1 amide bonds. The third kappa shape index (κ3) is 4.67. The number of nitrogens with one attached hydrogen (secondary N) is 1. The Morgan fingerprint density at radius 2 is 1.96 bits per heavy atom. The lowest BCUT2D eigenvalue weighted by molar-refractivity contribution is -0.120. The van der Waals surface area contributed by atoms with Crippen LogP contribution in [0.4, 0.5) is 4.79 Å². The van der Waals surface area contributed by atoms with Crippen LogP contribution in [0.1, 0.15) is 65.5 Å². The van der Waals surface area contributed by atoms with Gasteiger partial charge >= 0.3 is 13.7 Å². The number of ketones is 1. The minimum absolute atomic E-state index is 0.134. The van der Waals surface area contributed by atoms with Crippen LogP contribution in [-0.4, -0.2) is 35.8 Å². The van der Waals surface area contributed by atoms with E-state index < -0.39 is 30.5 Å². The fourth-order valence-electron chi connectivity index (χ4n) is 3.58. The van der Waals surface area contributed by atoms with Gasteiger partial charge in [-0.2, -0.15) is 11.3 Å². The van der Waals surface area contributed by atoms with Gasteiger partial charge in [-0.3, -0.25) is 9.36 Å². The molecule has 0 aliphatic heterocycles. The summed E-state index contributed by atoms with van der Waals surface area (Å²) in [5.41, 5.74) is -0.0228. The minimum atomic E-state index is -3.87. The number of alkyl carbamates (subject to hydrolysis) is 1. The van der Waals surface area contributed by atoms with E-state index in [0.717, 1.165) is 0 Å². The number of rotatable bonds is 8. The standard InChI is InChI=1S/C19H30NO6PS/c1-6-24-27(23,25-7-2)19(11-8-9-15(19)21)16(14-10-12-28-13-14)20-17(22)26-18(3,4)5/h10,12-13,16H,6-9,11H2,1-5H3,(H,20,22)/t16-,19-/m1/s1. The molecule has 1 saturated carbocycles. The molecule has 1 aliphatic rings. The van der Waals surface area contributed by atoms with Gasteiger partial charge in [-0.1, -0.05) is 0 Å². The first-order valence-corrected chi connectivity index (χ1v) is 12.0. The fraction of sp³-hybridized carbons (Fsp3) is 0.684. The molecule has 9 heteroatoms. The molecule has 1 N–H and O–H groups in total. The number of Topliss-reactive ketones (excluding diaryl/α,β-unsaturated/α-hetero) is 1. The van der Waals surface area contributed by atoms with Crippen LogP contribution < -0.4 is 5.32 Å². The second kappa shape index (κ2) is 9.08. The van der Waals surface area contributed by atoms with E-state index in [4.69, 9.17) is 13.8 Å². The average molecular weight is 431 g/mol. The van der Waals surface area contributed by atoms with Crippen LogP contribution in [-0.2, 0) is 23.1 Å². The summed E-state index contributed by atoms with van der Waals surface area (Å²) in [6.45, 7) is 8.96. The number of hydrogen-bond donors (Lipinski definition) is 1. The van der Waals surface area contributed by atoms with Crippen molar-refractivity contribution >= 4 is 30.8 Å². The second-order valence-corrected chi connectivity index (χ2v) is 10.8. The molecular weight excluding hydrogens is 401 g/mol. The van der Waals surface area contributed by atoms with E-state index in [1.165, 1.54) is 11.3 Å². The number of carbonyl (C=O) groups excluding carboxylic acids is 2. The van der Waals surface area contributed by atoms with Gasteiger partial charge in [-0.15, -0.1) is 0 Å². The molecule has 0 radical (unpaired) electrons. The Hall–Kier alpha value is -1.21. The number of hydrogen-bond acceptors (Lipinski definition) is 7. The molecular formula is C19H30NO6PS. The number of ether oxygens (including phenoxy) is 1. The highest BCUT2D eigenvalue weighted by Gasteiger charge is 2.63. The van der Waals surface area contributed by atoms with Crippen molar-refractivity contribution in [2.45, 2.75) is 70.7 Å². The van der Waals surface area contributed by atoms with Crippen molar-refractivity contribution in [1.82, 2.24) is 5.32 Å². The fourth-order valence-corrected chi connectivity index (χ4v) is 6.86. The van der Waals surface area contributed by atoms with Crippen LogP contribution in [0.5, 0.6) is 0 Å². The van der Waals surface area contributed by atoms with Gasteiger partial charge < -0.3 is 19.1 Å². The lowest BCUT2D eigenvalue weighted by atomic mass is 9.91. The first-order chi connectivity index (χ1) is 13.1. The summed E-state index contributed by atoms with van der Waals surface area (Å²) in [6.07, 6.45) is 0.446. The van der Waals surface area contributed by atoms with E-state index in [2.05, 4.69) is 5.32 Å². The SMILES string of the molecule is CCOP(=O)(OCC)[C@]1([C@H](NC(=O)OC(C)(C)C)c2ccsc2)CCCC1=O. The molecule has 0 spiro atoms. The Morgan fingerprint density at radius 3 is 2.39 bits per heavy atom. The number of amides is 1. The molecule has 0 saturated heterocycles. The molecule has 1 aromatic rings. The van der Waals surface area contributed by atoms with Crippen LogP contribution in [0.2, 0.25) is 0 Å². The summed E-state index contributed by atoms with van der Waals surface area (Å²) in [7, 11) is -3.87. The maximum absolute atomic E-state index is 13.9. The molecule has 0 bridgehead atoms. The predicted octanol–water partition coefficient (Wildman–Crippen LogP) is 5.07. The molecule has 2 atom stereocenters. The van der Waals surface area contributed by atoms with E-state index in [1.54, 1.807) is 34.6 Å². The Morgan fingerprint density at radius 1 is 1.32 bits per heavy atom. The van der Waals surface area contributed by atoms with Crippen molar-refractivity contribution < 1.29 is 27.9 Å². The molecule has 28 heavy (non-hydrogen) atoms. The normalized spacial score (nSPS) is 21.5. The molecule has 7 nitrogen and oxygen atoms in total. The van der Waals surface area contributed by atoms with E-state index in [0.29, 0.717) is 18.4 Å². The van der Waals surface area contributed by atoms with Gasteiger partial charge in [0.25, 0.3) is 0 Å². The zero-order valence-electron chi connectivity index (χ0n) is 17.1. The summed E-state index contributed by atoms with van der Waals surface area (Å²) in [4.78, 5) is 25.8. The van der Waals surface area contributed by atoms with E-state index in [1.807, 2.05) is 16.8 Å². The highest BCUT2D eigenvalue weighted by Crippen LogP contribution is 2.68. The molecule has 0 aromatic carbocycles. The van der Waals surface area contributed by atoms with Gasteiger partial charge in [-0.05, 0) is 69.9 Å². The van der Waals surface area contributed by atoms with Crippen LogP contribution in [0.3, 0.4) is 0 Å². The van der Waals surface area contributed by atoms with Crippen LogP contribution in [0.15, 0.2) is 16.8 Å². The summed E-state index contributed by atoms with van der Waals surface area (Å²) < 4.78 is 30.5. The Bertz CT molecular complexity index is 719. The summed E-state index contributed by atoms with van der Waals surface area (Å²) in [5.74, 6) is -0.218. The molecule has 1 aliphatic carbocycles. The van der Waals surface area contributed by atoms with Crippen molar-refractivity contribution in [1.29, 1.82) is 0 Å². The predicted molar refractivity (Wildman–Crippen MR) is 109 cm³/mol. The molecule has 0 unspecified atom stereocenters. The molecule has 1 heterocycles. The third-order valence-electron chi connectivity index (χ3n) is 4.55. The van der Waals surface area contributed by atoms with Gasteiger partial charge in [0.05, 0.1) is 19.3 Å². The van der Waals surface area contributed by atoms with Crippen molar-refractivity contribution in [3.63, 3.8) is 0 Å². The third-order valence-corrected chi connectivity index (χ3v) is 8.15. The lowest BCUT2D eigenvalue weighted by Crippen LogP contribution is -2.50. The van der Waals surface area contributed by atoms with Crippen molar-refractivity contribution in [3.05, 3.63) is 22.4 Å². The van der Waals surface area contributed by atoms with Crippen LogP contribution >= 0.6 is 18.9 Å². The summed E-state index contributed by atoms with van der Waals surface area (Å²) >= 11 is 1.43. The molecule has 1 aromatic heterocycles. The summed E-state index contributed by atoms with van der Waals surface area (Å²) in [5, 5.41) is 5.01. The maximum Gasteiger partial charge on any atom is 0.408 e. The van der Waals surface area contributed by atoms with E-state index in [-0.39, 0.29) is 25.4 Å². The topological polar surface area (TPSA) is 90.9 Å². The van der Waals surface area contributed by atoms with Gasteiger partial charge in [0, 0.05) is 6.42 Å². The highest BCUT2D eigenvalue weighted by molar-refractivity contribution is 7.57. The second-order valence-electron chi connectivity index (χ2n) is 7.67. The molecule has 2 rings (SSSR count). The van der Waals surface area contributed by atoms with Crippen LogP contribution in [0, 0.1) is 0 Å². The smallest absolute Gasteiger partial charge is 0.408 e. The first-order valence-electron chi connectivity index (χ1n) is 9.53. The van der Waals surface area contributed by atoms with Gasteiger partial charge in [0.2, 0.25) is 0 Å². The van der Waals surface area contributed by atoms with E-state index in [9.17, 15) is 14.2 Å². The monoisotopic (exact) mass is 431 g/mol.